The Morgan fingerprint density at radius 1 is 1.22 bits per heavy atom. The number of hydrogen-bond donors (Lipinski definition) is 2. The number of nitrogens with zero attached hydrogens (tertiary/aromatic N) is 4. The third-order valence-electron chi connectivity index (χ3n) is 5.77. The number of halogens is 3. The maximum Gasteiger partial charge on any atom is 0.416 e. The number of alkyl halides is 3. The normalized spacial score (nSPS) is 17.7. The van der Waals surface area contributed by atoms with Gasteiger partial charge in [-0.15, -0.1) is 5.10 Å². The van der Waals surface area contributed by atoms with Crippen molar-refractivity contribution >= 4 is 28.1 Å². The largest absolute Gasteiger partial charge is 0.416 e. The molecule has 2 aromatic heterocycles. The first-order valence-electron chi connectivity index (χ1n) is 10.3. The number of pyridine rings is 1. The predicted molar refractivity (Wildman–Crippen MR) is 118 cm³/mol. The fraction of sp³-hybridized carbons (Fsp3) is 0.409. The summed E-state index contributed by atoms with van der Waals surface area (Å²) in [5.74, 6) is 0.450. The van der Waals surface area contributed by atoms with Crippen molar-refractivity contribution in [1.29, 1.82) is 0 Å². The van der Waals surface area contributed by atoms with E-state index in [9.17, 15) is 13.2 Å². The minimum atomic E-state index is -4.48. The van der Waals surface area contributed by atoms with Crippen LogP contribution in [0.4, 0.5) is 30.4 Å². The van der Waals surface area contributed by atoms with E-state index in [-0.39, 0.29) is 11.8 Å². The van der Waals surface area contributed by atoms with Crippen molar-refractivity contribution in [2.75, 3.05) is 36.1 Å². The zero-order valence-electron chi connectivity index (χ0n) is 18.1. The molecule has 0 unspecified atom stereocenters. The highest BCUT2D eigenvalue weighted by atomic mass is 19.4. The maximum atomic E-state index is 13.2. The van der Waals surface area contributed by atoms with Crippen molar-refractivity contribution in [2.45, 2.75) is 38.6 Å². The molecule has 0 amide bonds. The zero-order valence-corrected chi connectivity index (χ0v) is 18.1. The molecule has 0 aliphatic carbocycles. The quantitative estimate of drug-likeness (QED) is 0.564. The smallest absolute Gasteiger partial charge is 0.399 e. The maximum absolute atomic E-state index is 13.2. The predicted octanol–water partition coefficient (Wildman–Crippen LogP) is 4.33. The van der Waals surface area contributed by atoms with Crippen LogP contribution in [0.2, 0.25) is 0 Å². The summed E-state index contributed by atoms with van der Waals surface area (Å²) in [6.07, 6.45) is -1.57. The number of nitrogens with one attached hydrogen (secondary N) is 1. The lowest BCUT2D eigenvalue weighted by Crippen LogP contribution is -2.22. The summed E-state index contributed by atoms with van der Waals surface area (Å²) in [6.45, 7) is 5.19. The number of hydrogen-bond acceptors (Lipinski definition) is 7. The first-order chi connectivity index (χ1) is 15.2. The minimum Gasteiger partial charge on any atom is -0.399 e. The highest BCUT2D eigenvalue weighted by Crippen LogP contribution is 2.34. The van der Waals surface area contributed by atoms with Gasteiger partial charge in [0.1, 0.15) is 0 Å². The number of ether oxygens (including phenoxy) is 1. The van der Waals surface area contributed by atoms with E-state index in [1.165, 1.54) is 6.07 Å². The number of methoxy groups -OCH3 is 1. The first-order valence-corrected chi connectivity index (χ1v) is 10.3. The van der Waals surface area contributed by atoms with Crippen molar-refractivity contribution in [3.63, 3.8) is 0 Å². The Labute approximate surface area is 183 Å². The fourth-order valence-corrected chi connectivity index (χ4v) is 3.96. The van der Waals surface area contributed by atoms with Crippen LogP contribution in [-0.2, 0) is 10.9 Å². The van der Waals surface area contributed by atoms with Crippen LogP contribution in [0, 0.1) is 6.92 Å². The molecular weight excluding hydrogens is 421 g/mol. The molecule has 170 valence electrons. The molecule has 3 heterocycles. The molecule has 0 bridgehead atoms. The van der Waals surface area contributed by atoms with Crippen molar-refractivity contribution in [3.8, 4) is 0 Å². The van der Waals surface area contributed by atoms with E-state index in [1.807, 2.05) is 13.0 Å². The second-order valence-corrected chi connectivity index (χ2v) is 8.07. The molecule has 10 heteroatoms. The van der Waals surface area contributed by atoms with Gasteiger partial charge in [-0.25, -0.2) is 0 Å². The monoisotopic (exact) mass is 446 g/mol. The average molecular weight is 446 g/mol. The van der Waals surface area contributed by atoms with Gasteiger partial charge in [0.05, 0.1) is 40.8 Å². The molecule has 7 nitrogen and oxygen atoms in total. The third kappa shape index (κ3) is 4.40. The van der Waals surface area contributed by atoms with Crippen LogP contribution in [0.3, 0.4) is 0 Å². The van der Waals surface area contributed by atoms with Gasteiger partial charge in [-0.3, -0.25) is 4.98 Å². The molecule has 1 saturated heterocycles. The van der Waals surface area contributed by atoms with Crippen molar-refractivity contribution in [2.24, 2.45) is 0 Å². The van der Waals surface area contributed by atoms with Crippen molar-refractivity contribution in [3.05, 3.63) is 47.3 Å². The summed E-state index contributed by atoms with van der Waals surface area (Å²) in [7, 11) is 1.70. The van der Waals surface area contributed by atoms with Crippen LogP contribution in [0.5, 0.6) is 0 Å². The lowest BCUT2D eigenvalue weighted by atomic mass is 10.0. The highest BCUT2D eigenvalue weighted by Gasteiger charge is 2.31. The summed E-state index contributed by atoms with van der Waals surface area (Å²) < 4.78 is 45.1. The first kappa shape index (κ1) is 22.1. The van der Waals surface area contributed by atoms with Crippen LogP contribution in [-0.4, -0.2) is 41.5 Å². The van der Waals surface area contributed by atoms with Crippen LogP contribution < -0.4 is 16.0 Å². The Bertz CT molecular complexity index is 1140. The number of nitrogen functional groups attached to an aromatic ring is 1. The van der Waals surface area contributed by atoms with Gasteiger partial charge in [0.15, 0.2) is 5.82 Å². The van der Waals surface area contributed by atoms with Gasteiger partial charge in [-0.2, -0.15) is 18.3 Å². The summed E-state index contributed by atoms with van der Waals surface area (Å²) in [6, 6.07) is 5.04. The zero-order chi connectivity index (χ0) is 23.0. The summed E-state index contributed by atoms with van der Waals surface area (Å²) in [5.41, 5.74) is 7.68. The van der Waals surface area contributed by atoms with E-state index in [4.69, 9.17) is 10.5 Å². The number of nitrogens with two attached hydrogens (primary N) is 1. The number of anilines is 3. The third-order valence-corrected chi connectivity index (χ3v) is 5.77. The van der Waals surface area contributed by atoms with Gasteiger partial charge in [0, 0.05) is 31.3 Å². The molecule has 0 radical (unpaired) electrons. The van der Waals surface area contributed by atoms with Gasteiger partial charge in [0.25, 0.3) is 0 Å². The fourth-order valence-electron chi connectivity index (χ4n) is 3.96. The molecule has 4 rings (SSSR count). The Kier molecular flexibility index (Phi) is 5.81. The molecule has 3 N–H and O–H groups in total. The Hall–Kier alpha value is -3.14. The molecule has 2 atom stereocenters. The molecular formula is C22H25F3N6O. The Morgan fingerprint density at radius 3 is 2.69 bits per heavy atom. The molecule has 0 spiro atoms. The summed E-state index contributed by atoms with van der Waals surface area (Å²) >= 11 is 0. The van der Waals surface area contributed by atoms with Crippen molar-refractivity contribution in [1.82, 2.24) is 15.2 Å². The van der Waals surface area contributed by atoms with Crippen LogP contribution in [0.15, 0.2) is 30.5 Å². The van der Waals surface area contributed by atoms with Gasteiger partial charge in [-0.1, -0.05) is 0 Å². The topological polar surface area (TPSA) is 89.2 Å². The van der Waals surface area contributed by atoms with E-state index >= 15 is 0 Å². The number of aryl methyl sites for hydroxylation is 1. The van der Waals surface area contributed by atoms with Gasteiger partial charge in [0.2, 0.25) is 0 Å². The summed E-state index contributed by atoms with van der Waals surface area (Å²) in [5, 5.41) is 12.4. The van der Waals surface area contributed by atoms with Crippen LogP contribution >= 0.6 is 0 Å². The average Bonchev–Trinajstić information content (AvgIpc) is 3.24. The molecule has 32 heavy (non-hydrogen) atoms. The standard InChI is InChI=1S/C22H25F3N6O/c1-12(14-6-15(22(23,24)25)8-16(26)7-14)28-21-19-9-17(31-5-4-18(11-31)32-3)10-27-20(19)13(2)29-30-21/h6-10,12,18H,4-5,11,26H2,1-3H3,(H,28,30)/t12-,18+/m1/s1. The lowest BCUT2D eigenvalue weighted by molar-refractivity contribution is -0.137. The number of benzene rings is 1. The minimum absolute atomic E-state index is 0.0500. The molecule has 3 aromatic rings. The van der Waals surface area contributed by atoms with Gasteiger partial charge >= 0.3 is 6.18 Å². The van der Waals surface area contributed by atoms with E-state index in [1.54, 1.807) is 20.2 Å². The van der Waals surface area contributed by atoms with Crippen LogP contribution in [0.25, 0.3) is 10.9 Å². The lowest BCUT2D eigenvalue weighted by Gasteiger charge is -2.21. The van der Waals surface area contributed by atoms with E-state index in [2.05, 4.69) is 25.4 Å². The second-order valence-electron chi connectivity index (χ2n) is 8.07. The van der Waals surface area contributed by atoms with Crippen LogP contribution in [0.1, 0.15) is 36.2 Å². The van der Waals surface area contributed by atoms with E-state index < -0.39 is 17.8 Å². The van der Waals surface area contributed by atoms with Gasteiger partial charge < -0.3 is 20.7 Å². The number of rotatable bonds is 5. The number of aromatic nitrogens is 3. The Balaban J connectivity index is 1.68. The van der Waals surface area contributed by atoms with Crippen molar-refractivity contribution < 1.29 is 17.9 Å². The molecule has 1 aliphatic heterocycles. The number of fused-ring (bicyclic) bond motifs is 1. The molecule has 1 aromatic carbocycles. The Morgan fingerprint density at radius 2 is 2.00 bits per heavy atom. The summed E-state index contributed by atoms with van der Waals surface area (Å²) in [4.78, 5) is 6.78. The molecule has 0 saturated carbocycles. The van der Waals surface area contributed by atoms with Gasteiger partial charge in [-0.05, 0) is 50.1 Å². The molecule has 1 aliphatic rings. The second kappa shape index (κ2) is 8.42. The van der Waals surface area contributed by atoms with E-state index in [0.29, 0.717) is 22.6 Å². The SMILES string of the molecule is CO[C@H]1CCN(c2cnc3c(C)nnc(N[C@H](C)c4cc(N)cc(C(F)(F)F)c4)c3c2)C1. The molecule has 1 fully saturated rings. The van der Waals surface area contributed by atoms with E-state index in [0.717, 1.165) is 42.7 Å². The highest BCUT2D eigenvalue weighted by molar-refractivity contribution is 5.92.